The van der Waals surface area contributed by atoms with Gasteiger partial charge in [-0.2, -0.15) is 4.68 Å². The summed E-state index contributed by atoms with van der Waals surface area (Å²) in [5.74, 6) is 0.631. The zero-order valence-electron chi connectivity index (χ0n) is 14.2. The van der Waals surface area contributed by atoms with E-state index in [1.54, 1.807) is 24.4 Å². The third-order valence-corrected chi connectivity index (χ3v) is 5.02. The number of rotatable bonds is 4. The van der Waals surface area contributed by atoms with Crippen molar-refractivity contribution in [3.63, 3.8) is 0 Å². The number of tetrazole rings is 1. The van der Waals surface area contributed by atoms with Crippen LogP contribution in [0.1, 0.15) is 24.4 Å². The van der Waals surface area contributed by atoms with Crippen LogP contribution in [0.25, 0.3) is 16.7 Å². The number of hydrogen-bond donors (Lipinski definition) is 2. The first-order chi connectivity index (χ1) is 12.9. The third kappa shape index (κ3) is 3.28. The Kier molecular flexibility index (Phi) is 4.36. The van der Waals surface area contributed by atoms with E-state index < -0.39 is 5.82 Å². The maximum Gasteiger partial charge on any atom is 0.253 e. The van der Waals surface area contributed by atoms with Crippen molar-refractivity contribution in [1.82, 2.24) is 30.2 Å². The lowest BCUT2D eigenvalue weighted by atomic mass is 10.1. The molecule has 3 aromatic heterocycles. The number of nitrogens with zero attached hydrogens (tertiary/aromatic N) is 5. The number of aromatic amines is 1. The van der Waals surface area contributed by atoms with E-state index >= 15 is 0 Å². The highest BCUT2D eigenvalue weighted by molar-refractivity contribution is 7.13. The second-order valence-corrected chi connectivity index (χ2v) is 7.21. The van der Waals surface area contributed by atoms with E-state index in [4.69, 9.17) is 11.6 Å². The first-order valence-corrected chi connectivity index (χ1v) is 9.17. The number of halogens is 2. The molecule has 1 atom stereocenters. The fourth-order valence-electron chi connectivity index (χ4n) is 2.71. The van der Waals surface area contributed by atoms with Gasteiger partial charge in [-0.1, -0.05) is 11.6 Å². The summed E-state index contributed by atoms with van der Waals surface area (Å²) < 4.78 is 15.5. The molecule has 11 heteroatoms. The Balaban J connectivity index is 1.64. The highest BCUT2D eigenvalue weighted by atomic mass is 35.5. The van der Waals surface area contributed by atoms with E-state index in [2.05, 4.69) is 30.8 Å². The summed E-state index contributed by atoms with van der Waals surface area (Å²) in [6.07, 6.45) is 0. The van der Waals surface area contributed by atoms with Crippen LogP contribution in [0.3, 0.4) is 0 Å². The van der Waals surface area contributed by atoms with E-state index in [1.807, 2.05) is 6.92 Å². The molecule has 0 amide bonds. The molecule has 0 unspecified atom stereocenters. The van der Waals surface area contributed by atoms with Gasteiger partial charge >= 0.3 is 0 Å². The van der Waals surface area contributed by atoms with Gasteiger partial charge in [0.15, 0.2) is 16.8 Å². The predicted molar refractivity (Wildman–Crippen MR) is 101 cm³/mol. The van der Waals surface area contributed by atoms with Crippen molar-refractivity contribution in [3.05, 3.63) is 56.2 Å². The number of fused-ring (bicyclic) bond motifs is 1. The molecule has 4 rings (SSSR count). The van der Waals surface area contributed by atoms with Gasteiger partial charge in [0.05, 0.1) is 11.6 Å². The van der Waals surface area contributed by atoms with E-state index in [0.717, 1.165) is 0 Å². The topological polar surface area (TPSA) is 101 Å². The predicted octanol–water partition coefficient (Wildman–Crippen LogP) is 3.23. The number of H-pyrrole nitrogens is 1. The second kappa shape index (κ2) is 6.71. The highest BCUT2D eigenvalue weighted by Gasteiger charge is 2.16. The quantitative estimate of drug-likeness (QED) is 0.540. The Hall–Kier alpha value is -2.85. The van der Waals surface area contributed by atoms with Crippen LogP contribution < -0.4 is 10.9 Å². The Labute approximate surface area is 161 Å². The summed E-state index contributed by atoms with van der Waals surface area (Å²) in [5, 5.41) is 17.6. The Morgan fingerprint density at radius 2 is 2.19 bits per heavy atom. The van der Waals surface area contributed by atoms with Gasteiger partial charge in [0.25, 0.3) is 5.56 Å². The number of aromatic nitrogens is 6. The van der Waals surface area contributed by atoms with Gasteiger partial charge in [-0.25, -0.2) is 9.37 Å². The molecule has 0 aliphatic carbocycles. The van der Waals surface area contributed by atoms with Gasteiger partial charge in [0.2, 0.25) is 0 Å². The number of hydrogen-bond acceptors (Lipinski definition) is 7. The van der Waals surface area contributed by atoms with Crippen molar-refractivity contribution in [1.29, 1.82) is 0 Å². The number of thiazole rings is 1. The SMILES string of the molecule is Cc1nnnn1-c1csc(N[C@@H](C)c2cc3cc(Cl)cc(F)c3[nH]c2=O)n1. The van der Waals surface area contributed by atoms with Crippen LogP contribution in [0.5, 0.6) is 0 Å². The molecule has 0 spiro atoms. The van der Waals surface area contributed by atoms with Gasteiger partial charge in [0, 0.05) is 21.4 Å². The maximum absolute atomic E-state index is 14.0. The molecule has 0 bridgehead atoms. The van der Waals surface area contributed by atoms with Crippen LogP contribution in [0.15, 0.2) is 28.4 Å². The molecule has 0 fully saturated rings. The molecule has 0 aliphatic rings. The van der Waals surface area contributed by atoms with Crippen LogP contribution in [0.2, 0.25) is 5.02 Å². The molecule has 0 saturated carbocycles. The molecule has 0 saturated heterocycles. The van der Waals surface area contributed by atoms with Gasteiger partial charge in [0.1, 0.15) is 5.82 Å². The van der Waals surface area contributed by atoms with Crippen molar-refractivity contribution in [2.45, 2.75) is 19.9 Å². The summed E-state index contributed by atoms with van der Waals surface area (Å²) in [6.45, 7) is 3.59. The smallest absolute Gasteiger partial charge is 0.253 e. The van der Waals surface area contributed by atoms with Gasteiger partial charge in [-0.15, -0.1) is 16.4 Å². The fourth-order valence-corrected chi connectivity index (χ4v) is 3.69. The summed E-state index contributed by atoms with van der Waals surface area (Å²) in [4.78, 5) is 19.4. The average Bonchev–Trinajstić information content (AvgIpc) is 3.23. The minimum atomic E-state index is -0.567. The monoisotopic (exact) mass is 405 g/mol. The van der Waals surface area contributed by atoms with Crippen LogP contribution in [0.4, 0.5) is 9.52 Å². The minimum absolute atomic E-state index is 0.131. The Morgan fingerprint density at radius 1 is 1.37 bits per heavy atom. The van der Waals surface area contributed by atoms with Crippen molar-refractivity contribution in [3.8, 4) is 5.82 Å². The second-order valence-electron chi connectivity index (χ2n) is 5.92. The van der Waals surface area contributed by atoms with E-state index in [1.165, 1.54) is 22.1 Å². The zero-order valence-corrected chi connectivity index (χ0v) is 15.8. The highest BCUT2D eigenvalue weighted by Crippen LogP contribution is 2.26. The van der Waals surface area contributed by atoms with Crippen LogP contribution in [0, 0.1) is 12.7 Å². The molecule has 3 heterocycles. The van der Waals surface area contributed by atoms with Crippen molar-refractivity contribution < 1.29 is 4.39 Å². The minimum Gasteiger partial charge on any atom is -0.355 e. The molecule has 4 aromatic rings. The largest absolute Gasteiger partial charge is 0.355 e. The lowest BCUT2D eigenvalue weighted by Crippen LogP contribution is -2.19. The number of pyridine rings is 1. The van der Waals surface area contributed by atoms with E-state index in [9.17, 15) is 9.18 Å². The van der Waals surface area contributed by atoms with Crippen molar-refractivity contribution in [2.75, 3.05) is 5.32 Å². The standard InChI is InChI=1S/C16H13ClFN7OS/c1-7(19-16-20-13(6-27-16)25-8(2)22-23-24-25)11-4-9-3-10(17)5-12(18)14(9)21-15(11)26/h3-7H,1-2H3,(H,19,20)(H,21,26)/t7-/m0/s1. The van der Waals surface area contributed by atoms with Gasteiger partial charge in [-0.3, -0.25) is 4.79 Å². The molecule has 1 aromatic carbocycles. The molecule has 0 radical (unpaired) electrons. The molecular weight excluding hydrogens is 393 g/mol. The third-order valence-electron chi connectivity index (χ3n) is 4.04. The Morgan fingerprint density at radius 3 is 2.93 bits per heavy atom. The fraction of sp³-hybridized carbons (Fsp3) is 0.188. The van der Waals surface area contributed by atoms with Gasteiger partial charge < -0.3 is 10.3 Å². The summed E-state index contributed by atoms with van der Waals surface area (Å²) in [5.41, 5.74) is 0.197. The lowest BCUT2D eigenvalue weighted by molar-refractivity contribution is 0.636. The number of benzene rings is 1. The van der Waals surface area contributed by atoms with E-state index in [0.29, 0.717) is 27.7 Å². The number of aryl methyl sites for hydroxylation is 1. The summed E-state index contributed by atoms with van der Waals surface area (Å²) in [6, 6.07) is 4.03. The van der Waals surface area contributed by atoms with Crippen LogP contribution >= 0.6 is 22.9 Å². The van der Waals surface area contributed by atoms with Crippen LogP contribution in [-0.2, 0) is 0 Å². The van der Waals surface area contributed by atoms with Crippen LogP contribution in [-0.4, -0.2) is 30.2 Å². The normalized spacial score (nSPS) is 12.4. The molecule has 27 heavy (non-hydrogen) atoms. The number of nitrogens with one attached hydrogen (secondary N) is 2. The van der Waals surface area contributed by atoms with E-state index in [-0.39, 0.29) is 22.1 Å². The average molecular weight is 406 g/mol. The molecular formula is C16H13ClFN7OS. The molecule has 2 N–H and O–H groups in total. The lowest BCUT2D eigenvalue weighted by Gasteiger charge is -2.13. The maximum atomic E-state index is 14.0. The van der Waals surface area contributed by atoms with Gasteiger partial charge in [-0.05, 0) is 42.5 Å². The zero-order chi connectivity index (χ0) is 19.1. The summed E-state index contributed by atoms with van der Waals surface area (Å²) >= 11 is 7.28. The van der Waals surface area contributed by atoms with Crippen molar-refractivity contribution in [2.24, 2.45) is 0 Å². The molecule has 0 aliphatic heterocycles. The molecule has 138 valence electrons. The first kappa shape index (κ1) is 17.6. The van der Waals surface area contributed by atoms with Crippen molar-refractivity contribution >= 4 is 39.0 Å². The Bertz CT molecular complexity index is 1200. The first-order valence-electron chi connectivity index (χ1n) is 7.92. The summed E-state index contributed by atoms with van der Waals surface area (Å²) in [7, 11) is 0. The molecule has 8 nitrogen and oxygen atoms in total. The number of anilines is 1.